The standard InChI is InChI=1S/C17H18ClF2N5O2/c18-10-4-5-11(21-6-10)7-24-17(27)25-14(2-1-3-15(25)22-24)16(26)23-8-12(19)13(20)9-23/h4-6,12-14H,1-3,7-9H2. The number of fused-ring (bicyclic) bond motifs is 1. The second-order valence-corrected chi connectivity index (χ2v) is 7.31. The Hall–Kier alpha value is -2.29. The Labute approximate surface area is 158 Å². The highest BCUT2D eigenvalue weighted by molar-refractivity contribution is 6.30. The van der Waals surface area contributed by atoms with Gasteiger partial charge in [-0.2, -0.15) is 5.10 Å². The Morgan fingerprint density at radius 3 is 2.67 bits per heavy atom. The average molecular weight is 398 g/mol. The van der Waals surface area contributed by atoms with Crippen molar-refractivity contribution in [1.29, 1.82) is 0 Å². The van der Waals surface area contributed by atoms with E-state index in [4.69, 9.17) is 11.6 Å². The third-order valence-corrected chi connectivity index (χ3v) is 5.23. The summed E-state index contributed by atoms with van der Waals surface area (Å²) in [7, 11) is 0. The van der Waals surface area contributed by atoms with Crippen molar-refractivity contribution in [2.75, 3.05) is 13.1 Å². The van der Waals surface area contributed by atoms with Crippen molar-refractivity contribution in [3.05, 3.63) is 45.4 Å². The van der Waals surface area contributed by atoms with Crippen LogP contribution in [0.15, 0.2) is 23.1 Å². The molecule has 10 heteroatoms. The van der Waals surface area contributed by atoms with Crippen molar-refractivity contribution in [3.63, 3.8) is 0 Å². The number of hydrogen-bond acceptors (Lipinski definition) is 4. The molecule has 2 aliphatic rings. The van der Waals surface area contributed by atoms with Crippen LogP contribution in [0.3, 0.4) is 0 Å². The molecular weight excluding hydrogens is 380 g/mol. The fourth-order valence-corrected chi connectivity index (χ4v) is 3.75. The monoisotopic (exact) mass is 397 g/mol. The van der Waals surface area contributed by atoms with E-state index in [0.29, 0.717) is 35.8 Å². The lowest BCUT2D eigenvalue weighted by atomic mass is 10.0. The van der Waals surface area contributed by atoms with Crippen LogP contribution in [0.4, 0.5) is 8.78 Å². The molecule has 2 aliphatic heterocycles. The molecule has 1 amide bonds. The van der Waals surface area contributed by atoms with Crippen LogP contribution in [0.2, 0.25) is 5.02 Å². The van der Waals surface area contributed by atoms with Gasteiger partial charge in [-0.1, -0.05) is 11.6 Å². The molecule has 0 saturated carbocycles. The van der Waals surface area contributed by atoms with E-state index in [9.17, 15) is 18.4 Å². The van der Waals surface area contributed by atoms with Gasteiger partial charge in [0.2, 0.25) is 5.91 Å². The molecule has 2 aromatic rings. The van der Waals surface area contributed by atoms with E-state index in [1.54, 1.807) is 12.1 Å². The number of aromatic nitrogens is 4. The number of rotatable bonds is 3. The maximum absolute atomic E-state index is 13.5. The molecule has 0 bridgehead atoms. The van der Waals surface area contributed by atoms with Gasteiger partial charge in [-0.3, -0.25) is 14.3 Å². The van der Waals surface area contributed by atoms with Crippen LogP contribution < -0.4 is 5.69 Å². The number of hydrogen-bond donors (Lipinski definition) is 0. The van der Waals surface area contributed by atoms with Gasteiger partial charge in [0.1, 0.15) is 11.9 Å². The molecule has 1 saturated heterocycles. The summed E-state index contributed by atoms with van der Waals surface area (Å²) in [5, 5.41) is 4.82. The van der Waals surface area contributed by atoms with Crippen molar-refractivity contribution >= 4 is 17.5 Å². The van der Waals surface area contributed by atoms with Crippen molar-refractivity contribution in [2.24, 2.45) is 0 Å². The van der Waals surface area contributed by atoms with E-state index in [-0.39, 0.29) is 19.6 Å². The average Bonchev–Trinajstić information content (AvgIpc) is 3.16. The summed E-state index contributed by atoms with van der Waals surface area (Å²) < 4.78 is 29.6. The number of likely N-dealkylation sites (tertiary alicyclic amines) is 1. The van der Waals surface area contributed by atoms with Gasteiger partial charge in [0, 0.05) is 12.6 Å². The summed E-state index contributed by atoms with van der Waals surface area (Å²) in [6.45, 7) is -0.396. The number of aryl methyl sites for hydroxylation is 1. The van der Waals surface area contributed by atoms with Crippen molar-refractivity contribution in [2.45, 2.75) is 44.2 Å². The summed E-state index contributed by atoms with van der Waals surface area (Å²) in [5.74, 6) is 0.0800. The fraction of sp³-hybridized carbons (Fsp3) is 0.529. The van der Waals surface area contributed by atoms with Gasteiger partial charge in [0.25, 0.3) is 0 Å². The maximum atomic E-state index is 13.5. The molecule has 0 aliphatic carbocycles. The highest BCUT2D eigenvalue weighted by Crippen LogP contribution is 2.27. The van der Waals surface area contributed by atoms with E-state index in [1.165, 1.54) is 20.3 Å². The predicted molar refractivity (Wildman–Crippen MR) is 93.2 cm³/mol. The number of alkyl halides is 2. The van der Waals surface area contributed by atoms with Gasteiger partial charge < -0.3 is 4.90 Å². The number of halogens is 3. The summed E-state index contributed by atoms with van der Waals surface area (Å²) >= 11 is 5.82. The molecular formula is C17H18ClF2N5O2. The summed E-state index contributed by atoms with van der Waals surface area (Å²) in [6.07, 6.45) is -0.172. The third kappa shape index (κ3) is 3.36. The van der Waals surface area contributed by atoms with E-state index in [1.807, 2.05) is 0 Å². The normalized spacial score (nSPS) is 24.9. The van der Waals surface area contributed by atoms with Gasteiger partial charge >= 0.3 is 5.69 Å². The Morgan fingerprint density at radius 2 is 2.00 bits per heavy atom. The lowest BCUT2D eigenvalue weighted by Gasteiger charge is -2.26. The molecule has 0 radical (unpaired) electrons. The fourth-order valence-electron chi connectivity index (χ4n) is 3.64. The predicted octanol–water partition coefficient (Wildman–Crippen LogP) is 1.54. The Balaban J connectivity index is 1.61. The van der Waals surface area contributed by atoms with Crippen molar-refractivity contribution in [1.82, 2.24) is 24.2 Å². The number of amides is 1. The zero-order valence-corrected chi connectivity index (χ0v) is 15.1. The van der Waals surface area contributed by atoms with Crippen LogP contribution in [0.1, 0.15) is 30.4 Å². The first-order valence-electron chi connectivity index (χ1n) is 8.79. The second kappa shape index (κ2) is 7.03. The molecule has 3 unspecified atom stereocenters. The van der Waals surface area contributed by atoms with Crippen LogP contribution in [0.25, 0.3) is 0 Å². The first-order valence-corrected chi connectivity index (χ1v) is 9.17. The van der Waals surface area contributed by atoms with Gasteiger partial charge in [-0.25, -0.2) is 18.3 Å². The molecule has 0 N–H and O–H groups in total. The lowest BCUT2D eigenvalue weighted by molar-refractivity contribution is -0.134. The van der Waals surface area contributed by atoms with Crippen LogP contribution in [-0.2, 0) is 17.8 Å². The molecule has 2 aromatic heterocycles. The second-order valence-electron chi connectivity index (χ2n) is 6.88. The number of pyridine rings is 1. The molecule has 144 valence electrons. The molecule has 0 spiro atoms. The number of nitrogens with zero attached hydrogens (tertiary/aromatic N) is 5. The largest absolute Gasteiger partial charge is 0.347 e. The highest BCUT2D eigenvalue weighted by atomic mass is 35.5. The quantitative estimate of drug-likeness (QED) is 0.787. The van der Waals surface area contributed by atoms with Crippen LogP contribution in [0.5, 0.6) is 0 Å². The first-order chi connectivity index (χ1) is 12.9. The summed E-state index contributed by atoms with van der Waals surface area (Å²) in [4.78, 5) is 30.9. The van der Waals surface area contributed by atoms with E-state index in [0.717, 1.165) is 0 Å². The van der Waals surface area contributed by atoms with Crippen LogP contribution in [0, 0.1) is 0 Å². The zero-order chi connectivity index (χ0) is 19.1. The minimum Gasteiger partial charge on any atom is -0.335 e. The summed E-state index contributed by atoms with van der Waals surface area (Å²) in [6, 6.07) is 2.60. The van der Waals surface area contributed by atoms with Crippen LogP contribution in [-0.4, -0.2) is 55.6 Å². The lowest BCUT2D eigenvalue weighted by Crippen LogP contribution is -2.42. The van der Waals surface area contributed by atoms with E-state index >= 15 is 0 Å². The highest BCUT2D eigenvalue weighted by Gasteiger charge is 2.40. The first kappa shape index (κ1) is 18.1. The molecule has 7 nitrogen and oxygen atoms in total. The topological polar surface area (TPSA) is 73.0 Å². The van der Waals surface area contributed by atoms with Gasteiger partial charge in [-0.05, 0) is 25.0 Å². The molecule has 1 fully saturated rings. The number of carbonyl (C=O) groups is 1. The SMILES string of the molecule is O=C(C1CCCc2nn(Cc3ccc(Cl)cn3)c(=O)n21)N1CC(F)C(F)C1. The molecule has 4 rings (SSSR count). The minimum absolute atomic E-state index is 0.153. The van der Waals surface area contributed by atoms with Gasteiger partial charge in [-0.15, -0.1) is 0 Å². The van der Waals surface area contributed by atoms with Gasteiger partial charge in [0.05, 0.1) is 30.4 Å². The third-order valence-electron chi connectivity index (χ3n) is 5.01. The van der Waals surface area contributed by atoms with E-state index < -0.39 is 30.0 Å². The minimum atomic E-state index is -1.67. The Kier molecular flexibility index (Phi) is 4.71. The maximum Gasteiger partial charge on any atom is 0.347 e. The van der Waals surface area contributed by atoms with Crippen LogP contribution >= 0.6 is 11.6 Å². The van der Waals surface area contributed by atoms with Crippen molar-refractivity contribution < 1.29 is 13.6 Å². The Bertz CT molecular complexity index is 903. The number of carbonyl (C=O) groups excluding carboxylic acids is 1. The Morgan fingerprint density at radius 1 is 1.26 bits per heavy atom. The van der Waals surface area contributed by atoms with Crippen molar-refractivity contribution in [3.8, 4) is 0 Å². The zero-order valence-electron chi connectivity index (χ0n) is 14.4. The molecule has 0 aromatic carbocycles. The molecule has 3 atom stereocenters. The van der Waals surface area contributed by atoms with E-state index in [2.05, 4.69) is 10.1 Å². The van der Waals surface area contributed by atoms with Gasteiger partial charge in [0.15, 0.2) is 12.3 Å². The summed E-state index contributed by atoms with van der Waals surface area (Å²) in [5.41, 5.74) is 0.188. The molecule has 4 heterocycles. The molecule has 27 heavy (non-hydrogen) atoms. The smallest absolute Gasteiger partial charge is 0.335 e.